The van der Waals surface area contributed by atoms with Crippen LogP contribution in [0, 0.1) is 0 Å². The molecule has 1 aromatic heterocycles. The molecule has 0 aliphatic rings. The third kappa shape index (κ3) is 3.69. The van der Waals surface area contributed by atoms with Gasteiger partial charge in [-0.25, -0.2) is 4.68 Å². The molecule has 0 aliphatic heterocycles. The number of alkyl halides is 3. The molecule has 9 heteroatoms. The monoisotopic (exact) mass is 380 g/mol. The van der Waals surface area contributed by atoms with E-state index in [1.54, 1.807) is 24.3 Å². The van der Waals surface area contributed by atoms with Crippen LogP contribution >= 0.6 is 0 Å². The lowest BCUT2D eigenvalue weighted by molar-refractivity contribution is -0.141. The van der Waals surface area contributed by atoms with E-state index in [2.05, 4.69) is 5.10 Å². The fourth-order valence-electron chi connectivity index (χ4n) is 2.43. The summed E-state index contributed by atoms with van der Waals surface area (Å²) >= 11 is -2.42. The molecule has 136 valence electrons. The van der Waals surface area contributed by atoms with E-state index in [0.717, 1.165) is 16.3 Å². The maximum atomic E-state index is 13.1. The predicted octanol–water partition coefficient (Wildman–Crippen LogP) is 3.25. The summed E-state index contributed by atoms with van der Waals surface area (Å²) in [6.45, 7) is 0.321. The molecule has 3 aromatic rings. The molecule has 26 heavy (non-hydrogen) atoms. The van der Waals surface area contributed by atoms with Crippen LogP contribution in [0.2, 0.25) is 0 Å². The van der Waals surface area contributed by atoms with E-state index in [0.29, 0.717) is 17.8 Å². The van der Waals surface area contributed by atoms with E-state index >= 15 is 0 Å². The molecule has 1 heterocycles. The van der Waals surface area contributed by atoms with Crippen LogP contribution in [0.5, 0.6) is 0 Å². The van der Waals surface area contributed by atoms with Gasteiger partial charge in [-0.1, -0.05) is 24.3 Å². The molecular weight excluding hydrogens is 367 g/mol. The van der Waals surface area contributed by atoms with Gasteiger partial charge >= 0.3 is 6.18 Å². The predicted molar refractivity (Wildman–Crippen MR) is 89.1 cm³/mol. The number of benzene rings is 2. The molecule has 0 aliphatic carbocycles. The Kier molecular flexibility index (Phi) is 4.94. The minimum absolute atomic E-state index is 0.0331. The highest BCUT2D eigenvalue weighted by Gasteiger charge is 2.35. The molecule has 3 rings (SSSR count). The van der Waals surface area contributed by atoms with Crippen LogP contribution in [-0.4, -0.2) is 18.5 Å². The number of aromatic nitrogens is 2. The van der Waals surface area contributed by atoms with Crippen molar-refractivity contribution in [3.63, 3.8) is 0 Å². The quantitative estimate of drug-likeness (QED) is 0.704. The van der Waals surface area contributed by atoms with Gasteiger partial charge in [-0.2, -0.15) is 18.3 Å². The number of hydrogen-bond donors (Lipinski definition) is 1. The molecule has 0 radical (unpaired) electrons. The van der Waals surface area contributed by atoms with Crippen LogP contribution in [0.3, 0.4) is 0 Å². The third-order valence-electron chi connectivity index (χ3n) is 3.76. The summed E-state index contributed by atoms with van der Waals surface area (Å²) in [4.78, 5) is 0.0331. The largest absolute Gasteiger partial charge is 0.768 e. The van der Waals surface area contributed by atoms with Gasteiger partial charge in [0, 0.05) is 17.0 Å². The lowest BCUT2D eigenvalue weighted by Gasteiger charge is -2.10. The molecule has 2 N–H and O–H groups in total. The minimum Gasteiger partial charge on any atom is -0.768 e. The Hall–Kier alpha value is -2.49. The topological polar surface area (TPSA) is 84.0 Å². The van der Waals surface area contributed by atoms with Crippen molar-refractivity contribution in [1.82, 2.24) is 9.78 Å². The van der Waals surface area contributed by atoms with Gasteiger partial charge in [0.2, 0.25) is 0 Å². The fraction of sp³-hybridized carbons (Fsp3) is 0.118. The van der Waals surface area contributed by atoms with Crippen molar-refractivity contribution in [2.45, 2.75) is 17.6 Å². The number of hydrogen-bond acceptors (Lipinski definition) is 4. The zero-order valence-electron chi connectivity index (χ0n) is 13.2. The van der Waals surface area contributed by atoms with Crippen LogP contribution in [0.25, 0.3) is 16.9 Å². The highest BCUT2D eigenvalue weighted by molar-refractivity contribution is 7.79. The van der Waals surface area contributed by atoms with Gasteiger partial charge in [0.1, 0.15) is 0 Å². The van der Waals surface area contributed by atoms with Crippen LogP contribution in [0.4, 0.5) is 13.2 Å². The molecule has 0 spiro atoms. The average Bonchev–Trinajstić information content (AvgIpc) is 3.07. The van der Waals surface area contributed by atoms with Gasteiger partial charge in [0.25, 0.3) is 0 Å². The Balaban J connectivity index is 2.13. The molecule has 0 saturated heterocycles. The van der Waals surface area contributed by atoms with Crippen LogP contribution < -0.4 is 5.73 Å². The summed E-state index contributed by atoms with van der Waals surface area (Å²) in [6, 6.07) is 13.1. The van der Waals surface area contributed by atoms with Gasteiger partial charge in [-0.05, 0) is 47.0 Å². The smallest absolute Gasteiger partial charge is 0.435 e. The summed E-state index contributed by atoms with van der Waals surface area (Å²) in [6.07, 6.45) is -4.60. The van der Waals surface area contributed by atoms with Gasteiger partial charge in [0.05, 0.1) is 11.4 Å². The first kappa shape index (κ1) is 18.3. The summed E-state index contributed by atoms with van der Waals surface area (Å²) in [5.74, 6) is 0. The molecule has 2 aromatic carbocycles. The van der Waals surface area contributed by atoms with Gasteiger partial charge in [-0.15, -0.1) is 0 Å². The first-order valence-corrected chi connectivity index (χ1v) is 8.53. The standard InChI is InChI=1S/C17H14F3N3O2S/c18-17(19,20)16-9-15(12-3-1-11(10-21)2-4-12)23(22-16)13-5-7-14(8-6-13)26(24)25/h1-9H,10,21H2,(H,24,25)/p-1. The zero-order chi connectivity index (χ0) is 18.9. The van der Waals surface area contributed by atoms with Gasteiger partial charge in [0.15, 0.2) is 5.69 Å². The number of halogens is 3. The Labute approximate surface area is 149 Å². The summed E-state index contributed by atoms with van der Waals surface area (Å²) in [5.41, 5.74) is 6.43. The first-order chi connectivity index (χ1) is 12.3. The van der Waals surface area contributed by atoms with Crippen molar-refractivity contribution < 1.29 is 21.9 Å². The molecule has 0 fully saturated rings. The minimum atomic E-state index is -4.60. The molecule has 0 amide bonds. The van der Waals surface area contributed by atoms with E-state index in [1.165, 1.54) is 24.3 Å². The second-order valence-electron chi connectivity index (χ2n) is 5.45. The molecule has 5 nitrogen and oxygen atoms in total. The van der Waals surface area contributed by atoms with Crippen LogP contribution in [0.15, 0.2) is 59.5 Å². The van der Waals surface area contributed by atoms with E-state index in [-0.39, 0.29) is 10.6 Å². The Morgan fingerprint density at radius 2 is 1.69 bits per heavy atom. The van der Waals surface area contributed by atoms with Gasteiger partial charge in [-0.3, -0.25) is 4.21 Å². The van der Waals surface area contributed by atoms with Crippen molar-refractivity contribution in [3.8, 4) is 16.9 Å². The summed E-state index contributed by atoms with van der Waals surface area (Å²) in [5, 5.41) is 3.66. The lowest BCUT2D eigenvalue weighted by Crippen LogP contribution is -2.07. The highest BCUT2D eigenvalue weighted by Crippen LogP contribution is 2.33. The van der Waals surface area contributed by atoms with Crippen molar-refractivity contribution in [2.75, 3.05) is 0 Å². The van der Waals surface area contributed by atoms with E-state index < -0.39 is 23.0 Å². The Morgan fingerprint density at radius 1 is 1.08 bits per heavy atom. The normalized spacial score (nSPS) is 13.0. The SMILES string of the molecule is NCc1ccc(-c2cc(C(F)(F)F)nn2-c2ccc(S(=O)[O-])cc2)cc1. The molecular formula is C17H13F3N3O2S-. The maximum Gasteiger partial charge on any atom is 0.435 e. The lowest BCUT2D eigenvalue weighted by atomic mass is 10.1. The molecule has 0 saturated carbocycles. The maximum absolute atomic E-state index is 13.1. The van der Waals surface area contributed by atoms with Crippen molar-refractivity contribution in [2.24, 2.45) is 5.73 Å². The Bertz CT molecular complexity index is 935. The summed E-state index contributed by atoms with van der Waals surface area (Å²) < 4.78 is 62.4. The first-order valence-electron chi connectivity index (χ1n) is 7.46. The van der Waals surface area contributed by atoms with Crippen molar-refractivity contribution >= 4 is 11.1 Å². The number of nitrogens with zero attached hydrogens (tertiary/aromatic N) is 2. The van der Waals surface area contributed by atoms with Crippen molar-refractivity contribution in [1.29, 1.82) is 0 Å². The Morgan fingerprint density at radius 3 is 2.19 bits per heavy atom. The van der Waals surface area contributed by atoms with Crippen LogP contribution in [0.1, 0.15) is 11.3 Å². The highest BCUT2D eigenvalue weighted by atomic mass is 32.2. The van der Waals surface area contributed by atoms with Crippen LogP contribution in [-0.2, 0) is 23.8 Å². The molecule has 1 unspecified atom stereocenters. The summed E-state index contributed by atoms with van der Waals surface area (Å²) in [7, 11) is 0. The number of nitrogens with two attached hydrogens (primary N) is 1. The van der Waals surface area contributed by atoms with E-state index in [4.69, 9.17) is 5.73 Å². The average molecular weight is 380 g/mol. The fourth-order valence-corrected chi connectivity index (χ4v) is 2.79. The van der Waals surface area contributed by atoms with E-state index in [1.807, 2.05) is 0 Å². The second kappa shape index (κ2) is 7.02. The van der Waals surface area contributed by atoms with Gasteiger partial charge < -0.3 is 10.3 Å². The third-order valence-corrected chi connectivity index (χ3v) is 4.42. The number of rotatable bonds is 4. The molecule has 1 atom stereocenters. The zero-order valence-corrected chi connectivity index (χ0v) is 14.1. The van der Waals surface area contributed by atoms with Crippen molar-refractivity contribution in [3.05, 3.63) is 65.9 Å². The second-order valence-corrected chi connectivity index (χ2v) is 6.39. The molecule has 0 bridgehead atoms. The van der Waals surface area contributed by atoms with E-state index in [9.17, 15) is 21.9 Å².